The van der Waals surface area contributed by atoms with Crippen molar-refractivity contribution in [1.29, 1.82) is 0 Å². The molecule has 0 aliphatic rings. The zero-order valence-electron chi connectivity index (χ0n) is 18.5. The molecule has 10 heteroatoms. The molecule has 0 radical (unpaired) electrons. The number of benzene rings is 2. The van der Waals surface area contributed by atoms with Gasteiger partial charge in [-0.2, -0.15) is 0 Å². The second-order valence-corrected chi connectivity index (χ2v) is 7.83. The largest absolute Gasteiger partial charge is 0.497 e. The molecule has 9 nitrogen and oxygen atoms in total. The van der Waals surface area contributed by atoms with Gasteiger partial charge in [-0.1, -0.05) is 36.0 Å². The van der Waals surface area contributed by atoms with Gasteiger partial charge < -0.3 is 19.2 Å². The number of methoxy groups -OCH3 is 2. The van der Waals surface area contributed by atoms with E-state index < -0.39 is 0 Å². The first-order valence-corrected chi connectivity index (χ1v) is 11.2. The molecule has 0 atom stereocenters. The quantitative estimate of drug-likeness (QED) is 0.277. The molecule has 0 saturated heterocycles. The Bertz CT molecular complexity index is 1250. The second-order valence-electron chi connectivity index (χ2n) is 6.90. The number of carbonyl (C=O) groups excluding carboxylic acids is 1. The molecule has 0 fully saturated rings. The first kappa shape index (κ1) is 23.0. The third kappa shape index (κ3) is 6.20. The number of hydrogen-bond donors (Lipinski definition) is 1. The van der Waals surface area contributed by atoms with E-state index in [0.717, 1.165) is 34.4 Å². The molecule has 4 rings (SSSR count). The van der Waals surface area contributed by atoms with Crippen LogP contribution < -0.4 is 14.8 Å². The second kappa shape index (κ2) is 11.1. The molecule has 1 amide bonds. The Morgan fingerprint density at radius 3 is 2.41 bits per heavy atom. The van der Waals surface area contributed by atoms with Gasteiger partial charge in [0.1, 0.15) is 17.2 Å². The van der Waals surface area contributed by atoms with E-state index in [0.29, 0.717) is 11.4 Å². The van der Waals surface area contributed by atoms with Crippen LogP contribution in [0.2, 0.25) is 0 Å². The fourth-order valence-corrected chi connectivity index (χ4v) is 3.46. The number of nitrogens with zero attached hydrogens (tertiary/aromatic N) is 4. The van der Waals surface area contributed by atoms with E-state index in [1.807, 2.05) is 54.6 Å². The summed E-state index contributed by atoms with van der Waals surface area (Å²) >= 11 is 1.15. The third-order valence-electron chi connectivity index (χ3n) is 4.55. The maximum Gasteiger partial charge on any atom is 0.277 e. The van der Waals surface area contributed by atoms with Gasteiger partial charge in [0.25, 0.3) is 11.1 Å². The summed E-state index contributed by atoms with van der Waals surface area (Å²) in [6.07, 6.45) is 8.56. The molecule has 172 valence electrons. The molecule has 1 N–H and O–H groups in total. The molecular weight excluding hydrogens is 454 g/mol. The Kier molecular flexibility index (Phi) is 7.51. The Morgan fingerprint density at radius 1 is 1.00 bits per heavy atom. The topological polar surface area (TPSA) is 112 Å². The summed E-state index contributed by atoms with van der Waals surface area (Å²) in [4.78, 5) is 20.4. The first-order valence-electron chi connectivity index (χ1n) is 10.2. The Balaban J connectivity index is 1.30. The zero-order valence-corrected chi connectivity index (χ0v) is 19.3. The van der Waals surface area contributed by atoms with Crippen molar-refractivity contribution in [3.63, 3.8) is 0 Å². The summed E-state index contributed by atoms with van der Waals surface area (Å²) in [5.74, 6) is 1.64. The minimum atomic E-state index is -0.184. The SMILES string of the molecule is COc1cc(/C=C/c2ccc(NC(=O)CSc3nnc(-c4cnccn4)o3)cc2)cc(OC)c1. The molecular formula is C24H21N5O4S. The molecule has 0 spiro atoms. The number of amides is 1. The van der Waals surface area contributed by atoms with Crippen LogP contribution >= 0.6 is 11.8 Å². The number of hydrogen-bond acceptors (Lipinski definition) is 9. The average Bonchev–Trinajstić information content (AvgIpc) is 3.36. The normalized spacial score (nSPS) is 10.9. The summed E-state index contributed by atoms with van der Waals surface area (Å²) in [6, 6.07) is 13.2. The Morgan fingerprint density at radius 2 is 1.74 bits per heavy atom. The number of nitrogens with one attached hydrogen (secondary N) is 1. The summed E-state index contributed by atoms with van der Waals surface area (Å²) in [5.41, 5.74) is 3.10. The Hall–Kier alpha value is -4.18. The first-order chi connectivity index (χ1) is 16.6. The van der Waals surface area contributed by atoms with Crippen LogP contribution in [0.5, 0.6) is 11.5 Å². The molecule has 4 aromatic rings. The highest BCUT2D eigenvalue weighted by atomic mass is 32.2. The van der Waals surface area contributed by atoms with E-state index in [1.54, 1.807) is 20.4 Å². The van der Waals surface area contributed by atoms with Gasteiger partial charge in [-0.15, -0.1) is 10.2 Å². The molecule has 0 aliphatic carbocycles. The lowest BCUT2D eigenvalue weighted by molar-refractivity contribution is -0.113. The fourth-order valence-electron chi connectivity index (χ4n) is 2.90. The van der Waals surface area contributed by atoms with Crippen LogP contribution in [-0.2, 0) is 4.79 Å². The summed E-state index contributed by atoms with van der Waals surface area (Å²) < 4.78 is 16.1. The van der Waals surface area contributed by atoms with Crippen LogP contribution in [0.3, 0.4) is 0 Å². The van der Waals surface area contributed by atoms with Gasteiger partial charge in [0.05, 0.1) is 26.2 Å². The molecule has 2 aromatic heterocycles. The lowest BCUT2D eigenvalue weighted by atomic mass is 10.1. The molecule has 0 aliphatic heterocycles. The minimum absolute atomic E-state index is 0.126. The number of aromatic nitrogens is 4. The lowest BCUT2D eigenvalue weighted by Crippen LogP contribution is -2.13. The maximum absolute atomic E-state index is 12.3. The molecule has 34 heavy (non-hydrogen) atoms. The standard InChI is InChI=1S/C24H21N5O4S/c1-31-19-11-17(12-20(13-19)32-2)4-3-16-5-7-18(8-6-16)27-22(30)15-34-24-29-28-23(33-24)21-14-25-9-10-26-21/h3-14H,15H2,1-2H3,(H,27,30)/b4-3+. The van der Waals surface area contributed by atoms with Crippen molar-refractivity contribution in [2.45, 2.75) is 5.22 Å². The van der Waals surface area contributed by atoms with Gasteiger partial charge in [0, 0.05) is 24.1 Å². The number of anilines is 1. The number of ether oxygens (including phenoxy) is 2. The van der Waals surface area contributed by atoms with E-state index in [2.05, 4.69) is 25.5 Å². The van der Waals surface area contributed by atoms with E-state index in [4.69, 9.17) is 13.9 Å². The van der Waals surface area contributed by atoms with Gasteiger partial charge in [0.2, 0.25) is 5.91 Å². The van der Waals surface area contributed by atoms with Crippen LogP contribution in [0.1, 0.15) is 11.1 Å². The molecule has 0 unspecified atom stereocenters. The van der Waals surface area contributed by atoms with E-state index in [1.165, 1.54) is 12.4 Å². The predicted octanol–water partition coefficient (Wildman–Crippen LogP) is 4.45. The highest BCUT2D eigenvalue weighted by Crippen LogP contribution is 2.24. The molecule has 0 bridgehead atoms. The average molecular weight is 476 g/mol. The zero-order chi connectivity index (χ0) is 23.8. The highest BCUT2D eigenvalue weighted by Gasteiger charge is 2.12. The summed E-state index contributed by atoms with van der Waals surface area (Å²) in [6.45, 7) is 0. The minimum Gasteiger partial charge on any atom is -0.497 e. The van der Waals surface area contributed by atoms with E-state index in [-0.39, 0.29) is 22.8 Å². The van der Waals surface area contributed by atoms with Gasteiger partial charge >= 0.3 is 0 Å². The third-order valence-corrected chi connectivity index (χ3v) is 5.37. The molecule has 0 saturated carbocycles. The van der Waals surface area contributed by atoms with Gasteiger partial charge in [-0.05, 0) is 35.4 Å². The maximum atomic E-state index is 12.3. The van der Waals surface area contributed by atoms with Crippen molar-refractivity contribution in [3.8, 4) is 23.1 Å². The number of carbonyl (C=O) groups is 1. The number of rotatable bonds is 9. The molecule has 2 heterocycles. The van der Waals surface area contributed by atoms with Crippen molar-refractivity contribution >= 4 is 35.5 Å². The van der Waals surface area contributed by atoms with Crippen LogP contribution in [0, 0.1) is 0 Å². The van der Waals surface area contributed by atoms with Gasteiger partial charge in [0.15, 0.2) is 0 Å². The summed E-state index contributed by atoms with van der Waals surface area (Å²) in [7, 11) is 3.24. The fraction of sp³-hybridized carbons (Fsp3) is 0.125. The van der Waals surface area contributed by atoms with Crippen LogP contribution in [-0.4, -0.2) is 46.0 Å². The van der Waals surface area contributed by atoms with Gasteiger partial charge in [-0.25, -0.2) is 4.98 Å². The Labute approximate surface area is 200 Å². The van der Waals surface area contributed by atoms with E-state index >= 15 is 0 Å². The van der Waals surface area contributed by atoms with Crippen LogP contribution in [0.15, 0.2) is 70.7 Å². The van der Waals surface area contributed by atoms with Crippen LogP contribution in [0.4, 0.5) is 5.69 Å². The smallest absolute Gasteiger partial charge is 0.277 e. The van der Waals surface area contributed by atoms with E-state index in [9.17, 15) is 4.79 Å². The highest BCUT2D eigenvalue weighted by molar-refractivity contribution is 7.99. The number of thioether (sulfide) groups is 1. The summed E-state index contributed by atoms with van der Waals surface area (Å²) in [5, 5.41) is 11.0. The van der Waals surface area contributed by atoms with Crippen molar-refractivity contribution in [1.82, 2.24) is 20.2 Å². The van der Waals surface area contributed by atoms with Crippen molar-refractivity contribution in [3.05, 3.63) is 72.2 Å². The monoisotopic (exact) mass is 475 g/mol. The predicted molar refractivity (Wildman–Crippen MR) is 130 cm³/mol. The lowest BCUT2D eigenvalue weighted by Gasteiger charge is -2.06. The van der Waals surface area contributed by atoms with Crippen molar-refractivity contribution in [2.75, 3.05) is 25.3 Å². The van der Waals surface area contributed by atoms with Crippen LogP contribution in [0.25, 0.3) is 23.7 Å². The van der Waals surface area contributed by atoms with Crippen molar-refractivity contribution < 1.29 is 18.7 Å². The molecule has 2 aromatic carbocycles. The van der Waals surface area contributed by atoms with Crippen molar-refractivity contribution in [2.24, 2.45) is 0 Å². The van der Waals surface area contributed by atoms with Gasteiger partial charge in [-0.3, -0.25) is 9.78 Å².